The van der Waals surface area contributed by atoms with Crippen LogP contribution in [0.5, 0.6) is 0 Å². The van der Waals surface area contributed by atoms with Crippen LogP contribution in [0.2, 0.25) is 0 Å². The first-order chi connectivity index (χ1) is 14.0. The second kappa shape index (κ2) is 8.49. The molecule has 0 radical (unpaired) electrons. The zero-order valence-electron chi connectivity index (χ0n) is 16.6. The monoisotopic (exact) mass is 453 g/mol. The maximum absolute atomic E-state index is 12.8. The van der Waals surface area contributed by atoms with E-state index in [1.807, 2.05) is 41.3 Å². The third-order valence-electron chi connectivity index (χ3n) is 5.43. The summed E-state index contributed by atoms with van der Waals surface area (Å²) in [5.41, 5.74) is 2.93. The van der Waals surface area contributed by atoms with Gasteiger partial charge in [0, 0.05) is 28.7 Å². The van der Waals surface area contributed by atoms with Crippen molar-refractivity contribution in [2.45, 2.75) is 38.5 Å². The summed E-state index contributed by atoms with van der Waals surface area (Å²) in [4.78, 5) is 19.4. The number of halogens is 1. The third-order valence-corrected chi connectivity index (χ3v) is 5.95. The Balaban J connectivity index is 1.47. The van der Waals surface area contributed by atoms with Gasteiger partial charge in [-0.2, -0.15) is 4.98 Å². The highest BCUT2D eigenvalue weighted by Gasteiger charge is 2.29. The van der Waals surface area contributed by atoms with Gasteiger partial charge in [-0.25, -0.2) is 0 Å². The van der Waals surface area contributed by atoms with Crippen molar-refractivity contribution in [1.29, 1.82) is 0 Å². The molecule has 1 amide bonds. The van der Waals surface area contributed by atoms with Gasteiger partial charge in [-0.1, -0.05) is 59.2 Å². The molecule has 1 saturated heterocycles. The van der Waals surface area contributed by atoms with Crippen LogP contribution in [0.4, 0.5) is 0 Å². The van der Waals surface area contributed by atoms with Crippen LogP contribution in [-0.2, 0) is 0 Å². The van der Waals surface area contributed by atoms with Gasteiger partial charge in [-0.15, -0.1) is 0 Å². The Morgan fingerprint density at radius 3 is 2.55 bits per heavy atom. The first kappa shape index (κ1) is 19.8. The first-order valence-electron chi connectivity index (χ1n) is 10.00. The lowest BCUT2D eigenvalue weighted by Gasteiger charge is -2.31. The van der Waals surface area contributed by atoms with E-state index in [2.05, 4.69) is 52.1 Å². The van der Waals surface area contributed by atoms with Gasteiger partial charge in [0.25, 0.3) is 5.91 Å². The van der Waals surface area contributed by atoms with Crippen LogP contribution >= 0.6 is 15.9 Å². The van der Waals surface area contributed by atoms with Gasteiger partial charge in [-0.05, 0) is 48.6 Å². The van der Waals surface area contributed by atoms with Crippen LogP contribution in [0.3, 0.4) is 0 Å². The highest BCUT2D eigenvalue weighted by atomic mass is 79.9. The van der Waals surface area contributed by atoms with E-state index < -0.39 is 0 Å². The largest absolute Gasteiger partial charge is 0.339 e. The van der Waals surface area contributed by atoms with E-state index in [0.717, 1.165) is 29.4 Å². The maximum Gasteiger partial charge on any atom is 0.253 e. The second-order valence-electron chi connectivity index (χ2n) is 7.83. The lowest BCUT2D eigenvalue weighted by molar-refractivity contribution is 0.0695. The lowest BCUT2D eigenvalue weighted by atomic mass is 9.97. The Bertz CT molecular complexity index is 980. The smallest absolute Gasteiger partial charge is 0.253 e. The quantitative estimate of drug-likeness (QED) is 0.512. The average molecular weight is 454 g/mol. The van der Waals surface area contributed by atoms with Crippen LogP contribution < -0.4 is 0 Å². The molecule has 2 aromatic carbocycles. The average Bonchev–Trinajstić information content (AvgIpc) is 3.24. The molecule has 1 unspecified atom stereocenters. The van der Waals surface area contributed by atoms with Crippen molar-refractivity contribution in [3.8, 4) is 11.4 Å². The van der Waals surface area contributed by atoms with E-state index >= 15 is 0 Å². The van der Waals surface area contributed by atoms with Crippen molar-refractivity contribution >= 4 is 21.8 Å². The first-order valence-corrected chi connectivity index (χ1v) is 10.8. The van der Waals surface area contributed by atoms with Crippen LogP contribution in [0.15, 0.2) is 57.5 Å². The summed E-state index contributed by atoms with van der Waals surface area (Å²) in [6.45, 7) is 5.70. The number of hydrogen-bond donors (Lipinski definition) is 0. The van der Waals surface area contributed by atoms with E-state index in [9.17, 15) is 4.79 Å². The van der Waals surface area contributed by atoms with Gasteiger partial charge in [0.15, 0.2) is 0 Å². The minimum atomic E-state index is 0.0474. The van der Waals surface area contributed by atoms with Crippen LogP contribution in [0, 0.1) is 0 Å². The van der Waals surface area contributed by atoms with Gasteiger partial charge in [0.2, 0.25) is 11.7 Å². The third kappa shape index (κ3) is 4.42. The molecule has 0 N–H and O–H groups in total. The van der Waals surface area contributed by atoms with Crippen LogP contribution in [0.1, 0.15) is 60.3 Å². The van der Waals surface area contributed by atoms with E-state index in [0.29, 0.717) is 29.7 Å². The summed E-state index contributed by atoms with van der Waals surface area (Å²) in [7, 11) is 0. The standard InChI is InChI=1S/C23H24BrN3O2/c1-15(2)16-5-7-17(8-6-16)21-25-22(29-26-21)19-4-3-13-27(14-19)23(28)18-9-11-20(24)12-10-18/h5-12,15,19H,3-4,13-14H2,1-2H3. The van der Waals surface area contributed by atoms with Crippen molar-refractivity contribution in [3.63, 3.8) is 0 Å². The highest BCUT2D eigenvalue weighted by Crippen LogP contribution is 2.29. The van der Waals surface area contributed by atoms with Crippen LogP contribution in [0.25, 0.3) is 11.4 Å². The highest BCUT2D eigenvalue weighted by molar-refractivity contribution is 9.10. The molecule has 1 fully saturated rings. The van der Waals surface area contributed by atoms with E-state index in [1.54, 1.807) is 0 Å². The van der Waals surface area contributed by atoms with E-state index in [1.165, 1.54) is 5.56 Å². The van der Waals surface area contributed by atoms with Crippen LogP contribution in [-0.4, -0.2) is 34.0 Å². The zero-order chi connectivity index (χ0) is 20.4. The molecule has 6 heteroatoms. The summed E-state index contributed by atoms with van der Waals surface area (Å²) >= 11 is 3.41. The van der Waals surface area contributed by atoms with Gasteiger partial charge >= 0.3 is 0 Å². The lowest BCUT2D eigenvalue weighted by Crippen LogP contribution is -2.39. The van der Waals surface area contributed by atoms with E-state index in [-0.39, 0.29) is 11.8 Å². The Morgan fingerprint density at radius 2 is 1.86 bits per heavy atom. The molecule has 5 nitrogen and oxygen atoms in total. The predicted octanol–water partition coefficient (Wildman–Crippen LogP) is 5.64. The zero-order valence-corrected chi connectivity index (χ0v) is 18.2. The molecule has 1 aliphatic rings. The number of amides is 1. The van der Waals surface area contributed by atoms with E-state index in [4.69, 9.17) is 4.52 Å². The molecule has 1 atom stereocenters. The Hall–Kier alpha value is -2.47. The Labute approximate surface area is 179 Å². The predicted molar refractivity (Wildman–Crippen MR) is 116 cm³/mol. The number of aromatic nitrogens is 2. The van der Waals surface area contributed by atoms with Gasteiger partial charge < -0.3 is 9.42 Å². The molecule has 29 heavy (non-hydrogen) atoms. The Morgan fingerprint density at radius 1 is 1.14 bits per heavy atom. The minimum absolute atomic E-state index is 0.0474. The molecule has 4 rings (SSSR count). The molecule has 0 spiro atoms. The minimum Gasteiger partial charge on any atom is -0.339 e. The summed E-state index contributed by atoms with van der Waals surface area (Å²) in [6, 6.07) is 15.8. The fourth-order valence-corrected chi connectivity index (χ4v) is 3.94. The molecule has 0 saturated carbocycles. The molecule has 2 heterocycles. The van der Waals surface area contributed by atoms with Crippen molar-refractivity contribution < 1.29 is 9.32 Å². The number of benzene rings is 2. The summed E-state index contributed by atoms with van der Waals surface area (Å²) in [5, 5.41) is 4.18. The van der Waals surface area contributed by atoms with Crippen molar-refractivity contribution in [1.82, 2.24) is 15.0 Å². The summed E-state index contributed by atoms with van der Waals surface area (Å²) in [5.74, 6) is 1.82. The second-order valence-corrected chi connectivity index (χ2v) is 8.75. The van der Waals surface area contributed by atoms with Gasteiger partial charge in [0.05, 0.1) is 5.92 Å². The molecule has 3 aromatic rings. The number of likely N-dealkylation sites (tertiary alicyclic amines) is 1. The van der Waals surface area contributed by atoms with Crippen molar-refractivity contribution in [3.05, 3.63) is 70.0 Å². The molecule has 0 aliphatic carbocycles. The van der Waals surface area contributed by atoms with Gasteiger partial charge in [-0.3, -0.25) is 4.79 Å². The molecular formula is C23H24BrN3O2. The fraction of sp³-hybridized carbons (Fsp3) is 0.348. The fourth-order valence-electron chi connectivity index (χ4n) is 3.67. The topological polar surface area (TPSA) is 59.2 Å². The molecule has 0 bridgehead atoms. The molecular weight excluding hydrogens is 430 g/mol. The molecule has 150 valence electrons. The molecule has 1 aliphatic heterocycles. The number of hydrogen-bond acceptors (Lipinski definition) is 4. The number of nitrogens with zero attached hydrogens (tertiary/aromatic N) is 3. The number of carbonyl (C=O) groups excluding carboxylic acids is 1. The Kier molecular flexibility index (Phi) is 5.81. The summed E-state index contributed by atoms with van der Waals surface area (Å²) in [6.07, 6.45) is 1.87. The number of carbonyl (C=O) groups is 1. The van der Waals surface area contributed by atoms with Crippen molar-refractivity contribution in [2.75, 3.05) is 13.1 Å². The number of piperidine rings is 1. The number of rotatable bonds is 4. The normalized spacial score (nSPS) is 17.0. The summed E-state index contributed by atoms with van der Waals surface area (Å²) < 4.78 is 6.54. The van der Waals surface area contributed by atoms with Crippen molar-refractivity contribution in [2.24, 2.45) is 0 Å². The maximum atomic E-state index is 12.8. The molecule has 1 aromatic heterocycles. The SMILES string of the molecule is CC(C)c1ccc(-c2noc(C3CCCN(C(=O)c4ccc(Br)cc4)C3)n2)cc1. The van der Waals surface area contributed by atoms with Gasteiger partial charge in [0.1, 0.15) is 0 Å².